The van der Waals surface area contributed by atoms with Gasteiger partial charge in [0, 0.05) is 23.5 Å². The summed E-state index contributed by atoms with van der Waals surface area (Å²) in [6.45, 7) is 2.23. The van der Waals surface area contributed by atoms with Gasteiger partial charge in [-0.05, 0) is 36.2 Å². The minimum absolute atomic E-state index is 0.00879. The van der Waals surface area contributed by atoms with Crippen molar-refractivity contribution in [2.45, 2.75) is 13.3 Å². The second-order valence-corrected chi connectivity index (χ2v) is 5.62. The average Bonchev–Trinajstić information content (AvgIpc) is 3.03. The highest BCUT2D eigenvalue weighted by Crippen LogP contribution is 2.41. The van der Waals surface area contributed by atoms with Gasteiger partial charge in [0.15, 0.2) is 12.0 Å². The summed E-state index contributed by atoms with van der Waals surface area (Å²) >= 11 is 3.48. The van der Waals surface area contributed by atoms with E-state index in [1.807, 2.05) is 12.1 Å². The number of hydrogen-bond acceptors (Lipinski definition) is 3. The number of nitrogens with zero attached hydrogens (tertiary/aromatic N) is 1. The summed E-state index contributed by atoms with van der Waals surface area (Å²) in [6, 6.07) is 7.31. The SMILES string of the molecule is CC(=O)N1CCc2cc(Br)cc(-c3ccc(C=O)o3)c21. The molecule has 2 heterocycles. The van der Waals surface area contributed by atoms with E-state index in [2.05, 4.69) is 15.9 Å². The average molecular weight is 334 g/mol. The molecule has 0 radical (unpaired) electrons. The molecule has 0 N–H and O–H groups in total. The van der Waals surface area contributed by atoms with E-state index in [0.29, 0.717) is 18.6 Å². The minimum atomic E-state index is 0.00879. The van der Waals surface area contributed by atoms with Crippen LogP contribution in [0.3, 0.4) is 0 Å². The number of furan rings is 1. The van der Waals surface area contributed by atoms with Crippen molar-refractivity contribution >= 4 is 33.8 Å². The first-order valence-corrected chi connectivity index (χ1v) is 7.05. The maximum absolute atomic E-state index is 11.8. The van der Waals surface area contributed by atoms with Gasteiger partial charge in [0.2, 0.25) is 5.91 Å². The van der Waals surface area contributed by atoms with Crippen LogP contribution in [0.5, 0.6) is 0 Å². The predicted molar refractivity (Wildman–Crippen MR) is 79.0 cm³/mol. The standard InChI is InChI=1S/C15H12BrNO3/c1-9(19)17-5-4-10-6-11(16)7-13(15(10)17)14-3-2-12(8-18)20-14/h2-3,6-8H,4-5H2,1H3. The molecule has 5 heteroatoms. The Labute approximate surface area is 124 Å². The van der Waals surface area contributed by atoms with Gasteiger partial charge in [-0.3, -0.25) is 9.59 Å². The highest BCUT2D eigenvalue weighted by atomic mass is 79.9. The maximum Gasteiger partial charge on any atom is 0.223 e. The molecule has 0 saturated heterocycles. The first-order valence-electron chi connectivity index (χ1n) is 6.26. The van der Waals surface area contributed by atoms with Crippen molar-refractivity contribution in [2.24, 2.45) is 0 Å². The van der Waals surface area contributed by atoms with E-state index >= 15 is 0 Å². The summed E-state index contributed by atoms with van der Waals surface area (Å²) in [5.41, 5.74) is 2.82. The Balaban J connectivity index is 2.20. The molecule has 20 heavy (non-hydrogen) atoms. The summed E-state index contributed by atoms with van der Waals surface area (Å²) in [7, 11) is 0. The van der Waals surface area contributed by atoms with Gasteiger partial charge >= 0.3 is 0 Å². The fourth-order valence-electron chi connectivity index (χ4n) is 2.57. The molecule has 0 unspecified atom stereocenters. The largest absolute Gasteiger partial charge is 0.453 e. The molecule has 2 aromatic rings. The fraction of sp³-hybridized carbons (Fsp3) is 0.200. The normalized spacial score (nSPS) is 13.4. The van der Waals surface area contributed by atoms with Gasteiger partial charge in [0.25, 0.3) is 0 Å². The monoisotopic (exact) mass is 333 g/mol. The predicted octanol–water partition coefficient (Wildman–Crippen LogP) is 3.43. The lowest BCUT2D eigenvalue weighted by molar-refractivity contribution is -0.116. The van der Waals surface area contributed by atoms with E-state index in [4.69, 9.17) is 4.42 Å². The number of carbonyl (C=O) groups is 2. The van der Waals surface area contributed by atoms with Crippen LogP contribution in [0.1, 0.15) is 23.0 Å². The van der Waals surface area contributed by atoms with Crippen molar-refractivity contribution < 1.29 is 14.0 Å². The van der Waals surface area contributed by atoms with Gasteiger partial charge in [-0.1, -0.05) is 15.9 Å². The zero-order valence-electron chi connectivity index (χ0n) is 10.9. The molecule has 1 aromatic heterocycles. The van der Waals surface area contributed by atoms with Crippen LogP contribution >= 0.6 is 15.9 Å². The molecule has 102 valence electrons. The van der Waals surface area contributed by atoms with Gasteiger partial charge in [-0.15, -0.1) is 0 Å². The van der Waals surface area contributed by atoms with E-state index in [0.717, 1.165) is 27.7 Å². The highest BCUT2D eigenvalue weighted by molar-refractivity contribution is 9.10. The third kappa shape index (κ3) is 2.08. The Bertz CT molecular complexity index is 705. The lowest BCUT2D eigenvalue weighted by Crippen LogP contribution is -2.26. The molecule has 3 rings (SSSR count). The zero-order valence-corrected chi connectivity index (χ0v) is 12.4. The number of amides is 1. The van der Waals surface area contributed by atoms with E-state index in [9.17, 15) is 9.59 Å². The molecular formula is C15H12BrNO3. The number of hydrogen-bond donors (Lipinski definition) is 0. The summed E-state index contributed by atoms with van der Waals surface area (Å²) < 4.78 is 6.43. The van der Waals surface area contributed by atoms with Crippen LogP contribution in [-0.4, -0.2) is 18.7 Å². The van der Waals surface area contributed by atoms with E-state index < -0.39 is 0 Å². The molecule has 0 bridgehead atoms. The number of halogens is 1. The topological polar surface area (TPSA) is 50.5 Å². The maximum atomic E-state index is 11.8. The summed E-state index contributed by atoms with van der Waals surface area (Å²) in [6.07, 6.45) is 1.49. The molecule has 0 spiro atoms. The van der Waals surface area contributed by atoms with Crippen LogP contribution in [0.2, 0.25) is 0 Å². The Morgan fingerprint density at radius 3 is 2.85 bits per heavy atom. The van der Waals surface area contributed by atoms with E-state index in [1.165, 1.54) is 0 Å². The van der Waals surface area contributed by atoms with Gasteiger partial charge in [0.1, 0.15) is 5.76 Å². The Hall–Kier alpha value is -1.88. The van der Waals surface area contributed by atoms with Gasteiger partial charge < -0.3 is 9.32 Å². The zero-order chi connectivity index (χ0) is 14.3. The van der Waals surface area contributed by atoms with Gasteiger partial charge in [-0.25, -0.2) is 0 Å². The van der Waals surface area contributed by atoms with Crippen LogP contribution in [0.4, 0.5) is 5.69 Å². The third-order valence-electron chi connectivity index (χ3n) is 3.42. The number of anilines is 1. The molecule has 1 aliphatic heterocycles. The molecule has 0 saturated carbocycles. The molecule has 4 nitrogen and oxygen atoms in total. The third-order valence-corrected chi connectivity index (χ3v) is 3.87. The van der Waals surface area contributed by atoms with Crippen LogP contribution in [-0.2, 0) is 11.2 Å². The molecule has 1 aromatic carbocycles. The number of rotatable bonds is 2. The Morgan fingerprint density at radius 2 is 2.20 bits per heavy atom. The molecule has 1 amide bonds. The second kappa shape index (κ2) is 4.90. The molecule has 0 atom stereocenters. The van der Waals surface area contributed by atoms with Gasteiger partial charge in [-0.2, -0.15) is 0 Å². The van der Waals surface area contributed by atoms with Crippen molar-refractivity contribution in [1.29, 1.82) is 0 Å². The van der Waals surface area contributed by atoms with Crippen molar-refractivity contribution in [2.75, 3.05) is 11.4 Å². The lowest BCUT2D eigenvalue weighted by Gasteiger charge is -2.18. The number of fused-ring (bicyclic) bond motifs is 1. The van der Waals surface area contributed by atoms with Crippen LogP contribution < -0.4 is 4.90 Å². The number of benzene rings is 1. The Morgan fingerprint density at radius 1 is 1.40 bits per heavy atom. The summed E-state index contributed by atoms with van der Waals surface area (Å²) in [5.74, 6) is 0.883. The first kappa shape index (κ1) is 13.1. The van der Waals surface area contributed by atoms with Crippen LogP contribution in [0.25, 0.3) is 11.3 Å². The number of aldehydes is 1. The van der Waals surface area contributed by atoms with Crippen molar-refractivity contribution in [3.05, 3.63) is 40.1 Å². The highest BCUT2D eigenvalue weighted by Gasteiger charge is 2.27. The van der Waals surface area contributed by atoms with Crippen LogP contribution in [0.15, 0.2) is 33.2 Å². The molecule has 0 aliphatic carbocycles. The van der Waals surface area contributed by atoms with Crippen molar-refractivity contribution in [3.8, 4) is 11.3 Å². The van der Waals surface area contributed by atoms with Crippen LogP contribution in [0, 0.1) is 0 Å². The summed E-state index contributed by atoms with van der Waals surface area (Å²) in [5, 5.41) is 0. The minimum Gasteiger partial charge on any atom is -0.453 e. The second-order valence-electron chi connectivity index (χ2n) is 4.70. The fourth-order valence-corrected chi connectivity index (χ4v) is 3.08. The summed E-state index contributed by atoms with van der Waals surface area (Å²) in [4.78, 5) is 24.3. The van der Waals surface area contributed by atoms with Gasteiger partial charge in [0.05, 0.1) is 5.69 Å². The lowest BCUT2D eigenvalue weighted by atomic mass is 10.1. The smallest absolute Gasteiger partial charge is 0.223 e. The van der Waals surface area contributed by atoms with Crippen molar-refractivity contribution in [3.63, 3.8) is 0 Å². The molecule has 1 aliphatic rings. The van der Waals surface area contributed by atoms with E-state index in [-0.39, 0.29) is 11.7 Å². The molecule has 0 fully saturated rings. The number of carbonyl (C=O) groups excluding carboxylic acids is 2. The molecular weight excluding hydrogens is 322 g/mol. The van der Waals surface area contributed by atoms with Crippen molar-refractivity contribution in [1.82, 2.24) is 0 Å². The van der Waals surface area contributed by atoms with E-state index in [1.54, 1.807) is 24.0 Å². The first-order chi connectivity index (χ1) is 9.60. The quantitative estimate of drug-likeness (QED) is 0.791. The Kier molecular flexibility index (Phi) is 3.22.